The number of carbonyl (C=O) groups excluding carboxylic acids is 2. The minimum Gasteiger partial charge on any atom is -0.387 e. The molecule has 0 radical (unpaired) electrons. The predicted octanol–water partition coefficient (Wildman–Crippen LogP) is 1.88. The van der Waals surface area contributed by atoms with Crippen LogP contribution in [0, 0.1) is 0 Å². The molecule has 2 atom stereocenters. The van der Waals surface area contributed by atoms with Crippen LogP contribution >= 0.6 is 0 Å². The second-order valence-corrected chi connectivity index (χ2v) is 5.57. The fourth-order valence-corrected chi connectivity index (χ4v) is 2.69. The van der Waals surface area contributed by atoms with E-state index in [0.717, 1.165) is 10.5 Å². The van der Waals surface area contributed by atoms with E-state index in [-0.39, 0.29) is 12.5 Å². The monoisotopic (exact) mass is 310 g/mol. The molecule has 118 valence electrons. The van der Waals surface area contributed by atoms with Crippen molar-refractivity contribution in [3.63, 3.8) is 0 Å². The summed E-state index contributed by atoms with van der Waals surface area (Å²) in [6.45, 7) is -0.0417. The lowest BCUT2D eigenvalue weighted by Gasteiger charge is -2.18. The molecule has 1 aliphatic heterocycles. The molecule has 0 aliphatic carbocycles. The maximum Gasteiger partial charge on any atom is 0.324 e. The second-order valence-electron chi connectivity index (χ2n) is 5.57. The molecule has 1 saturated heterocycles. The molecule has 2 aromatic rings. The summed E-state index contributed by atoms with van der Waals surface area (Å²) in [7, 11) is 0. The number of hydrogen-bond donors (Lipinski definition) is 2. The number of rotatable bonds is 5. The molecule has 1 heterocycles. The molecule has 3 amide bonds. The van der Waals surface area contributed by atoms with Crippen molar-refractivity contribution in [2.24, 2.45) is 0 Å². The van der Waals surface area contributed by atoms with Gasteiger partial charge in [-0.2, -0.15) is 0 Å². The van der Waals surface area contributed by atoms with Crippen molar-refractivity contribution in [2.45, 2.75) is 18.6 Å². The first kappa shape index (κ1) is 15.2. The number of aliphatic hydroxyl groups excluding tert-OH is 1. The summed E-state index contributed by atoms with van der Waals surface area (Å²) in [5, 5.41) is 12.9. The minimum atomic E-state index is -0.888. The number of nitrogens with one attached hydrogen (secondary N) is 1. The van der Waals surface area contributed by atoms with Crippen LogP contribution in [0.4, 0.5) is 4.79 Å². The highest BCUT2D eigenvalue weighted by molar-refractivity contribution is 6.04. The van der Waals surface area contributed by atoms with Gasteiger partial charge < -0.3 is 10.4 Å². The van der Waals surface area contributed by atoms with E-state index >= 15 is 0 Å². The van der Waals surface area contributed by atoms with Crippen LogP contribution in [-0.4, -0.2) is 34.5 Å². The van der Waals surface area contributed by atoms with E-state index in [4.69, 9.17) is 0 Å². The zero-order chi connectivity index (χ0) is 16.2. The van der Waals surface area contributed by atoms with Gasteiger partial charge in [0.15, 0.2) is 0 Å². The first-order valence-corrected chi connectivity index (χ1v) is 7.54. The van der Waals surface area contributed by atoms with E-state index in [1.165, 1.54) is 0 Å². The van der Waals surface area contributed by atoms with Gasteiger partial charge in [-0.3, -0.25) is 9.69 Å². The molecule has 0 bridgehead atoms. The van der Waals surface area contributed by atoms with E-state index in [9.17, 15) is 14.7 Å². The van der Waals surface area contributed by atoms with Crippen molar-refractivity contribution in [1.82, 2.24) is 10.2 Å². The van der Waals surface area contributed by atoms with Crippen LogP contribution in [0.25, 0.3) is 0 Å². The Labute approximate surface area is 134 Å². The number of β-amino-alcohol motifs (C(OH)–C–C–N with tert-alkyl or cyclic N) is 1. The van der Waals surface area contributed by atoms with E-state index in [1.54, 1.807) is 12.1 Å². The zero-order valence-corrected chi connectivity index (χ0v) is 12.6. The molecular weight excluding hydrogens is 292 g/mol. The first-order chi connectivity index (χ1) is 11.1. The largest absolute Gasteiger partial charge is 0.387 e. The van der Waals surface area contributed by atoms with Crippen molar-refractivity contribution in [1.29, 1.82) is 0 Å². The number of aliphatic hydroxyl groups is 1. The van der Waals surface area contributed by atoms with Crippen molar-refractivity contribution in [3.8, 4) is 0 Å². The fourth-order valence-electron chi connectivity index (χ4n) is 2.69. The van der Waals surface area contributed by atoms with E-state index in [1.807, 2.05) is 48.5 Å². The maximum atomic E-state index is 12.4. The van der Waals surface area contributed by atoms with Gasteiger partial charge in [-0.15, -0.1) is 0 Å². The van der Waals surface area contributed by atoms with Gasteiger partial charge in [0.2, 0.25) is 0 Å². The lowest BCUT2D eigenvalue weighted by molar-refractivity contribution is -0.128. The van der Waals surface area contributed by atoms with Gasteiger partial charge >= 0.3 is 6.03 Å². The fraction of sp³-hybridized carbons (Fsp3) is 0.222. The van der Waals surface area contributed by atoms with E-state index in [0.29, 0.717) is 12.0 Å². The number of amides is 3. The lowest BCUT2D eigenvalue weighted by Crippen LogP contribution is -2.35. The molecule has 23 heavy (non-hydrogen) atoms. The molecule has 0 unspecified atom stereocenters. The molecule has 1 aliphatic rings. The number of hydrogen-bond acceptors (Lipinski definition) is 3. The van der Waals surface area contributed by atoms with Crippen molar-refractivity contribution in [3.05, 3.63) is 71.8 Å². The van der Waals surface area contributed by atoms with Crippen LogP contribution in [0.1, 0.15) is 17.2 Å². The highest BCUT2D eigenvalue weighted by atomic mass is 16.3. The van der Waals surface area contributed by atoms with Crippen LogP contribution in [0.5, 0.6) is 0 Å². The number of benzene rings is 2. The summed E-state index contributed by atoms with van der Waals surface area (Å²) in [6.07, 6.45) is -0.440. The van der Waals surface area contributed by atoms with Gasteiger partial charge in [-0.25, -0.2) is 4.79 Å². The van der Waals surface area contributed by atoms with Gasteiger partial charge in [-0.05, 0) is 11.1 Å². The Morgan fingerprint density at radius 2 is 1.61 bits per heavy atom. The third kappa shape index (κ3) is 3.40. The third-order valence-electron chi connectivity index (χ3n) is 3.93. The Balaban J connectivity index is 1.67. The highest BCUT2D eigenvalue weighted by Gasteiger charge is 2.38. The van der Waals surface area contributed by atoms with Gasteiger partial charge in [0, 0.05) is 6.42 Å². The molecular formula is C18H18N2O3. The Hall–Kier alpha value is -2.66. The quantitative estimate of drug-likeness (QED) is 0.829. The summed E-state index contributed by atoms with van der Waals surface area (Å²) >= 11 is 0. The molecule has 2 N–H and O–H groups in total. The van der Waals surface area contributed by atoms with E-state index < -0.39 is 18.2 Å². The molecule has 5 nitrogen and oxygen atoms in total. The van der Waals surface area contributed by atoms with Gasteiger partial charge in [-0.1, -0.05) is 60.7 Å². The van der Waals surface area contributed by atoms with Crippen LogP contribution in [0.3, 0.4) is 0 Å². The van der Waals surface area contributed by atoms with Crippen LogP contribution in [0.15, 0.2) is 60.7 Å². The van der Waals surface area contributed by atoms with Crippen molar-refractivity contribution < 1.29 is 14.7 Å². The van der Waals surface area contributed by atoms with Gasteiger partial charge in [0.25, 0.3) is 5.91 Å². The number of urea groups is 1. The van der Waals surface area contributed by atoms with Crippen molar-refractivity contribution in [2.75, 3.05) is 6.54 Å². The van der Waals surface area contributed by atoms with Crippen LogP contribution in [-0.2, 0) is 11.2 Å². The molecule has 2 aromatic carbocycles. The average Bonchev–Trinajstić information content (AvgIpc) is 2.84. The lowest BCUT2D eigenvalue weighted by atomic mass is 10.1. The second kappa shape index (κ2) is 6.62. The van der Waals surface area contributed by atoms with Gasteiger partial charge in [0.1, 0.15) is 6.04 Å². The Morgan fingerprint density at radius 3 is 2.26 bits per heavy atom. The number of imide groups is 1. The molecule has 0 aromatic heterocycles. The van der Waals surface area contributed by atoms with Crippen LogP contribution in [0.2, 0.25) is 0 Å². The summed E-state index contributed by atoms with van der Waals surface area (Å²) in [6, 6.07) is 17.5. The normalized spacial score (nSPS) is 18.8. The number of carbonyl (C=O) groups is 2. The molecule has 0 saturated carbocycles. The molecule has 5 heteroatoms. The van der Waals surface area contributed by atoms with Crippen molar-refractivity contribution >= 4 is 11.9 Å². The number of nitrogens with zero attached hydrogens (tertiary/aromatic N) is 1. The summed E-state index contributed by atoms with van der Waals surface area (Å²) < 4.78 is 0. The maximum absolute atomic E-state index is 12.4. The Kier molecular flexibility index (Phi) is 4.39. The third-order valence-corrected chi connectivity index (χ3v) is 3.93. The highest BCUT2D eigenvalue weighted by Crippen LogP contribution is 2.18. The van der Waals surface area contributed by atoms with Gasteiger partial charge in [0.05, 0.1) is 12.6 Å². The topological polar surface area (TPSA) is 69.6 Å². The van der Waals surface area contributed by atoms with E-state index in [2.05, 4.69) is 5.32 Å². The zero-order valence-electron chi connectivity index (χ0n) is 12.6. The molecule has 0 spiro atoms. The Morgan fingerprint density at radius 1 is 1.00 bits per heavy atom. The predicted molar refractivity (Wildman–Crippen MR) is 85.6 cm³/mol. The summed E-state index contributed by atoms with van der Waals surface area (Å²) in [4.78, 5) is 25.5. The average molecular weight is 310 g/mol. The standard InChI is InChI=1S/C18H18N2O3/c21-16(14-9-5-2-6-10-14)12-20-17(22)15(19-18(20)23)11-13-7-3-1-4-8-13/h1-10,15-16,21H,11-12H2,(H,19,23)/t15-,16-/m1/s1. The minimum absolute atomic E-state index is 0.0417. The summed E-state index contributed by atoms with van der Waals surface area (Å²) in [5.74, 6) is -0.297. The first-order valence-electron chi connectivity index (χ1n) is 7.54. The molecule has 3 rings (SSSR count). The SMILES string of the molecule is O=C1N[C@H](Cc2ccccc2)C(=O)N1C[C@@H](O)c1ccccc1. The Bertz CT molecular complexity index is 688. The smallest absolute Gasteiger partial charge is 0.324 e. The molecule has 1 fully saturated rings. The van der Waals surface area contributed by atoms with Crippen LogP contribution < -0.4 is 5.32 Å². The summed E-state index contributed by atoms with van der Waals surface area (Å²) in [5.41, 5.74) is 1.66.